The van der Waals surface area contributed by atoms with Crippen molar-refractivity contribution in [3.63, 3.8) is 0 Å². The monoisotopic (exact) mass is 130 g/mol. The first kappa shape index (κ1) is 7.03. The highest BCUT2D eigenvalue weighted by Gasteiger charge is 2.21. The van der Waals surface area contributed by atoms with Crippen molar-refractivity contribution in [3.8, 4) is 0 Å². The van der Waals surface area contributed by atoms with Crippen LogP contribution in [0.5, 0.6) is 0 Å². The lowest BCUT2D eigenvalue weighted by Crippen LogP contribution is -2.26. The Kier molecular flexibility index (Phi) is 2.49. The fourth-order valence-corrected chi connectivity index (χ4v) is 1.40. The third-order valence-electron chi connectivity index (χ3n) is 2.10. The molecule has 2 N–H and O–H groups in total. The van der Waals surface area contributed by atoms with Gasteiger partial charge in [0.2, 0.25) is 0 Å². The van der Waals surface area contributed by atoms with E-state index in [0.29, 0.717) is 0 Å². The molecule has 0 aromatic rings. The van der Waals surface area contributed by atoms with Gasteiger partial charge in [-0.2, -0.15) is 0 Å². The Morgan fingerprint density at radius 2 is 1.89 bits per heavy atom. The quantitative estimate of drug-likeness (QED) is 0.543. The second-order valence-electron chi connectivity index (χ2n) is 2.79. The van der Waals surface area contributed by atoms with Crippen molar-refractivity contribution in [2.75, 3.05) is 6.61 Å². The molecule has 2 nitrogen and oxygen atoms in total. The molecule has 1 saturated carbocycles. The van der Waals surface area contributed by atoms with Crippen LogP contribution in [0.15, 0.2) is 0 Å². The Morgan fingerprint density at radius 3 is 2.33 bits per heavy atom. The molecule has 2 heteroatoms. The molecule has 1 unspecified atom stereocenters. The third-order valence-corrected chi connectivity index (χ3v) is 2.10. The highest BCUT2D eigenvalue weighted by atomic mass is 16.3. The molecule has 0 saturated heterocycles. The molecule has 0 aliphatic heterocycles. The number of rotatable bonds is 1. The van der Waals surface area contributed by atoms with Crippen molar-refractivity contribution in [1.82, 2.24) is 0 Å². The minimum absolute atomic E-state index is 0.154. The first-order valence-electron chi connectivity index (χ1n) is 3.63. The number of aliphatic hydroxyl groups is 2. The predicted octanol–water partition coefficient (Wildman–Crippen LogP) is 0.530. The van der Waals surface area contributed by atoms with Gasteiger partial charge < -0.3 is 10.2 Å². The number of hydrogen-bond acceptors (Lipinski definition) is 2. The zero-order valence-corrected chi connectivity index (χ0v) is 5.58. The summed E-state index contributed by atoms with van der Waals surface area (Å²) < 4.78 is 0. The molecular weight excluding hydrogens is 116 g/mol. The van der Waals surface area contributed by atoms with E-state index in [9.17, 15) is 5.11 Å². The normalized spacial score (nSPS) is 36.7. The fraction of sp³-hybridized carbons (Fsp3) is 1.00. The Labute approximate surface area is 55.5 Å². The molecular formula is C7H14O2. The van der Waals surface area contributed by atoms with Crippen LogP contribution in [-0.2, 0) is 0 Å². The van der Waals surface area contributed by atoms with E-state index in [1.54, 1.807) is 0 Å². The molecule has 0 bridgehead atoms. The van der Waals surface area contributed by atoms with Gasteiger partial charge in [-0.1, -0.05) is 12.8 Å². The second kappa shape index (κ2) is 3.18. The lowest BCUT2D eigenvalue weighted by molar-refractivity contribution is 0.0359. The van der Waals surface area contributed by atoms with Crippen LogP contribution in [0.1, 0.15) is 25.7 Å². The van der Waals surface area contributed by atoms with Gasteiger partial charge in [0.05, 0.1) is 6.10 Å². The molecule has 0 amide bonds. The van der Waals surface area contributed by atoms with Crippen LogP contribution in [0.4, 0.5) is 0 Å². The van der Waals surface area contributed by atoms with Crippen LogP contribution >= 0.6 is 0 Å². The van der Waals surface area contributed by atoms with Crippen LogP contribution in [0.2, 0.25) is 0 Å². The highest BCUT2D eigenvalue weighted by Crippen LogP contribution is 2.23. The van der Waals surface area contributed by atoms with E-state index in [0.717, 1.165) is 19.3 Å². The summed E-state index contributed by atoms with van der Waals surface area (Å²) in [6.07, 6.45) is 3.94. The molecule has 9 heavy (non-hydrogen) atoms. The van der Waals surface area contributed by atoms with Crippen molar-refractivity contribution < 1.29 is 10.2 Å². The van der Waals surface area contributed by atoms with E-state index >= 15 is 0 Å². The zero-order valence-electron chi connectivity index (χ0n) is 5.58. The molecule has 0 spiro atoms. The minimum Gasteiger partial charge on any atom is -0.396 e. The Hall–Kier alpha value is -0.0800. The molecule has 1 fully saturated rings. The zero-order chi connectivity index (χ0) is 6.69. The fourth-order valence-electron chi connectivity index (χ4n) is 1.40. The summed E-state index contributed by atoms with van der Waals surface area (Å²) in [6, 6.07) is 0. The average Bonchev–Trinajstić information content (AvgIpc) is 1.89. The molecule has 1 aliphatic rings. The molecule has 1 rings (SSSR count). The SMILES string of the molecule is OCC1CCCC[C@@H]1O. The molecule has 1 aliphatic carbocycles. The van der Waals surface area contributed by atoms with Crippen LogP contribution < -0.4 is 0 Å². The Balaban J connectivity index is 2.30. The van der Waals surface area contributed by atoms with Crippen molar-refractivity contribution in [2.24, 2.45) is 5.92 Å². The molecule has 0 aromatic carbocycles. The lowest BCUT2D eigenvalue weighted by atomic mass is 9.87. The first-order chi connectivity index (χ1) is 4.34. The maximum absolute atomic E-state index is 9.21. The maximum Gasteiger partial charge on any atom is 0.0590 e. The summed E-state index contributed by atoms with van der Waals surface area (Å²) in [6.45, 7) is 0.154. The minimum atomic E-state index is -0.233. The van der Waals surface area contributed by atoms with Crippen molar-refractivity contribution in [1.29, 1.82) is 0 Å². The van der Waals surface area contributed by atoms with Crippen LogP contribution in [0, 0.1) is 5.92 Å². The highest BCUT2D eigenvalue weighted by molar-refractivity contribution is 4.72. The van der Waals surface area contributed by atoms with Gasteiger partial charge in [0.1, 0.15) is 0 Å². The van der Waals surface area contributed by atoms with Crippen molar-refractivity contribution in [3.05, 3.63) is 0 Å². The van der Waals surface area contributed by atoms with Crippen molar-refractivity contribution >= 4 is 0 Å². The summed E-state index contributed by atoms with van der Waals surface area (Å²) >= 11 is 0. The molecule has 54 valence electrons. The van der Waals surface area contributed by atoms with E-state index in [2.05, 4.69) is 0 Å². The maximum atomic E-state index is 9.21. The summed E-state index contributed by atoms with van der Waals surface area (Å²) in [5.74, 6) is 0.166. The smallest absolute Gasteiger partial charge is 0.0590 e. The molecule has 2 atom stereocenters. The van der Waals surface area contributed by atoms with Gasteiger partial charge in [0, 0.05) is 12.5 Å². The van der Waals surface area contributed by atoms with Gasteiger partial charge >= 0.3 is 0 Å². The summed E-state index contributed by atoms with van der Waals surface area (Å²) in [5, 5.41) is 17.9. The van der Waals surface area contributed by atoms with E-state index in [4.69, 9.17) is 5.11 Å². The van der Waals surface area contributed by atoms with Gasteiger partial charge in [-0.3, -0.25) is 0 Å². The standard InChI is InChI=1S/C7H14O2/c8-5-6-3-1-2-4-7(6)9/h6-9H,1-5H2/t6?,7-/m0/s1. The summed E-state index contributed by atoms with van der Waals surface area (Å²) in [5.41, 5.74) is 0. The van der Waals surface area contributed by atoms with Gasteiger partial charge in [-0.05, 0) is 12.8 Å². The number of aliphatic hydroxyl groups excluding tert-OH is 2. The van der Waals surface area contributed by atoms with E-state index in [-0.39, 0.29) is 18.6 Å². The van der Waals surface area contributed by atoms with Crippen LogP contribution in [-0.4, -0.2) is 22.9 Å². The molecule has 0 radical (unpaired) electrons. The van der Waals surface area contributed by atoms with Gasteiger partial charge in [0.15, 0.2) is 0 Å². The summed E-state index contributed by atoms with van der Waals surface area (Å²) in [4.78, 5) is 0. The predicted molar refractivity (Wildman–Crippen MR) is 35.1 cm³/mol. The third kappa shape index (κ3) is 1.66. The molecule has 0 heterocycles. The van der Waals surface area contributed by atoms with E-state index in [1.807, 2.05) is 0 Å². The largest absolute Gasteiger partial charge is 0.396 e. The average molecular weight is 130 g/mol. The first-order valence-corrected chi connectivity index (χ1v) is 3.63. The second-order valence-corrected chi connectivity index (χ2v) is 2.79. The Bertz CT molecular complexity index is 83.0. The number of hydrogen-bond donors (Lipinski definition) is 2. The van der Waals surface area contributed by atoms with E-state index in [1.165, 1.54) is 6.42 Å². The van der Waals surface area contributed by atoms with Gasteiger partial charge in [-0.15, -0.1) is 0 Å². The van der Waals surface area contributed by atoms with Crippen LogP contribution in [0.3, 0.4) is 0 Å². The van der Waals surface area contributed by atoms with Crippen molar-refractivity contribution in [2.45, 2.75) is 31.8 Å². The lowest BCUT2D eigenvalue weighted by Gasteiger charge is -2.25. The van der Waals surface area contributed by atoms with Crippen LogP contribution in [0.25, 0.3) is 0 Å². The topological polar surface area (TPSA) is 40.5 Å². The molecule has 0 aromatic heterocycles. The van der Waals surface area contributed by atoms with Gasteiger partial charge in [0.25, 0.3) is 0 Å². The van der Waals surface area contributed by atoms with Gasteiger partial charge in [-0.25, -0.2) is 0 Å². The summed E-state index contributed by atoms with van der Waals surface area (Å²) in [7, 11) is 0. The Morgan fingerprint density at radius 1 is 1.22 bits per heavy atom. The van der Waals surface area contributed by atoms with E-state index < -0.39 is 0 Å².